The van der Waals surface area contributed by atoms with Crippen LogP contribution in [-0.4, -0.2) is 12.6 Å². The molecule has 0 saturated heterocycles. The van der Waals surface area contributed by atoms with Gasteiger partial charge in [-0.25, -0.2) is 4.39 Å². The van der Waals surface area contributed by atoms with E-state index in [0.29, 0.717) is 6.04 Å². The second-order valence-electron chi connectivity index (χ2n) is 5.56. The van der Waals surface area contributed by atoms with E-state index in [4.69, 9.17) is 11.6 Å². The van der Waals surface area contributed by atoms with E-state index in [1.807, 2.05) is 12.1 Å². The highest BCUT2D eigenvalue weighted by atomic mass is 35.5. The van der Waals surface area contributed by atoms with Gasteiger partial charge in [0.05, 0.1) is 5.02 Å². The molecular weight excluding hydrogens is 261 g/mol. The largest absolute Gasteiger partial charge is 0.314 e. The van der Waals surface area contributed by atoms with Gasteiger partial charge in [-0.15, -0.1) is 0 Å². The Morgan fingerprint density at radius 1 is 1.37 bits per heavy atom. The molecule has 1 nitrogen and oxygen atoms in total. The molecule has 0 heterocycles. The summed E-state index contributed by atoms with van der Waals surface area (Å²) < 4.78 is 14.0. The van der Waals surface area contributed by atoms with Crippen molar-refractivity contribution in [3.05, 3.63) is 34.6 Å². The Morgan fingerprint density at radius 2 is 2.11 bits per heavy atom. The van der Waals surface area contributed by atoms with Gasteiger partial charge < -0.3 is 5.32 Å². The lowest BCUT2D eigenvalue weighted by Gasteiger charge is -2.22. The van der Waals surface area contributed by atoms with Crippen LogP contribution < -0.4 is 5.32 Å². The molecule has 106 valence electrons. The van der Waals surface area contributed by atoms with Gasteiger partial charge in [0, 0.05) is 6.04 Å². The normalized spacial score (nSPS) is 17.8. The zero-order valence-corrected chi connectivity index (χ0v) is 12.3. The van der Waals surface area contributed by atoms with Crippen LogP contribution in [0.1, 0.15) is 44.6 Å². The predicted molar refractivity (Wildman–Crippen MR) is 79.2 cm³/mol. The number of rotatable bonds is 6. The second-order valence-corrected chi connectivity index (χ2v) is 5.97. The third-order valence-electron chi connectivity index (χ3n) is 4.08. The Bertz CT molecular complexity index is 402. The van der Waals surface area contributed by atoms with Gasteiger partial charge in [-0.3, -0.25) is 0 Å². The summed E-state index contributed by atoms with van der Waals surface area (Å²) in [4.78, 5) is 0. The quantitative estimate of drug-likeness (QED) is 0.806. The number of likely N-dealkylation sites (N-methyl/N-ethyl adjacent to an activating group) is 1. The average molecular weight is 284 g/mol. The van der Waals surface area contributed by atoms with Crippen LogP contribution in [0, 0.1) is 11.7 Å². The van der Waals surface area contributed by atoms with Gasteiger partial charge in [0.1, 0.15) is 5.82 Å². The number of benzene rings is 1. The number of nitrogens with one attached hydrogen (secondary N) is 1. The van der Waals surface area contributed by atoms with Gasteiger partial charge in [0.25, 0.3) is 0 Å². The van der Waals surface area contributed by atoms with E-state index >= 15 is 0 Å². The van der Waals surface area contributed by atoms with Crippen LogP contribution in [0.25, 0.3) is 0 Å². The van der Waals surface area contributed by atoms with Gasteiger partial charge in [-0.2, -0.15) is 0 Å². The number of halogens is 2. The maximum atomic E-state index is 14.0. The van der Waals surface area contributed by atoms with E-state index in [2.05, 4.69) is 12.2 Å². The van der Waals surface area contributed by atoms with Crippen molar-refractivity contribution in [1.82, 2.24) is 5.32 Å². The first kappa shape index (κ1) is 14.8. The minimum absolute atomic E-state index is 0.230. The fraction of sp³-hybridized carbons (Fsp3) is 0.625. The van der Waals surface area contributed by atoms with Gasteiger partial charge in [0.2, 0.25) is 0 Å². The van der Waals surface area contributed by atoms with E-state index in [0.717, 1.165) is 30.9 Å². The maximum Gasteiger partial charge on any atom is 0.145 e. The Kier molecular flexibility index (Phi) is 5.65. The molecule has 0 aliphatic heterocycles. The highest BCUT2D eigenvalue weighted by Crippen LogP contribution is 2.29. The molecule has 2 rings (SSSR count). The molecule has 1 unspecified atom stereocenters. The van der Waals surface area contributed by atoms with Crippen LogP contribution in [0.3, 0.4) is 0 Å². The molecule has 1 fully saturated rings. The van der Waals surface area contributed by atoms with E-state index in [1.165, 1.54) is 25.7 Å². The van der Waals surface area contributed by atoms with Crippen molar-refractivity contribution in [2.45, 2.75) is 51.5 Å². The van der Waals surface area contributed by atoms with Gasteiger partial charge in [0.15, 0.2) is 0 Å². The van der Waals surface area contributed by atoms with Crippen LogP contribution >= 0.6 is 11.6 Å². The summed E-state index contributed by atoms with van der Waals surface area (Å²) in [6, 6.07) is 5.65. The molecule has 0 aromatic heterocycles. The van der Waals surface area contributed by atoms with E-state index < -0.39 is 0 Å². The van der Waals surface area contributed by atoms with Crippen LogP contribution in [0.2, 0.25) is 5.02 Å². The lowest BCUT2D eigenvalue weighted by atomic mass is 9.93. The van der Waals surface area contributed by atoms with Gasteiger partial charge >= 0.3 is 0 Å². The van der Waals surface area contributed by atoms with Crippen molar-refractivity contribution in [2.24, 2.45) is 5.92 Å². The summed E-state index contributed by atoms with van der Waals surface area (Å²) >= 11 is 5.85. The lowest BCUT2D eigenvalue weighted by molar-refractivity contribution is 0.387. The molecule has 0 spiro atoms. The van der Waals surface area contributed by atoms with Crippen LogP contribution in [0.5, 0.6) is 0 Å². The van der Waals surface area contributed by atoms with Gasteiger partial charge in [-0.05, 0) is 36.9 Å². The molecule has 1 aromatic rings. The third-order valence-corrected chi connectivity index (χ3v) is 4.38. The summed E-state index contributed by atoms with van der Waals surface area (Å²) in [5.74, 6) is 0.560. The Hall–Kier alpha value is -0.600. The first-order valence-corrected chi connectivity index (χ1v) is 7.74. The monoisotopic (exact) mass is 283 g/mol. The van der Waals surface area contributed by atoms with Gasteiger partial charge in [-0.1, -0.05) is 56.3 Å². The SMILES string of the molecule is CCNC(Cc1cccc(Cl)c1F)CC1CCCC1. The van der Waals surface area contributed by atoms with E-state index in [-0.39, 0.29) is 10.8 Å². The molecule has 1 atom stereocenters. The van der Waals surface area contributed by atoms with E-state index in [9.17, 15) is 4.39 Å². The summed E-state index contributed by atoms with van der Waals surface area (Å²) in [7, 11) is 0. The second kappa shape index (κ2) is 7.25. The molecule has 0 bridgehead atoms. The van der Waals surface area contributed by atoms with Crippen molar-refractivity contribution in [3.8, 4) is 0 Å². The summed E-state index contributed by atoms with van der Waals surface area (Å²) in [6.45, 7) is 3.04. The van der Waals surface area contributed by atoms with Crippen molar-refractivity contribution in [3.63, 3.8) is 0 Å². The zero-order chi connectivity index (χ0) is 13.7. The van der Waals surface area contributed by atoms with Crippen molar-refractivity contribution < 1.29 is 4.39 Å². The molecule has 1 aromatic carbocycles. The first-order chi connectivity index (χ1) is 9.20. The minimum atomic E-state index is -0.251. The van der Waals surface area contributed by atoms with Crippen LogP contribution in [0.4, 0.5) is 4.39 Å². The number of hydrogen-bond donors (Lipinski definition) is 1. The number of hydrogen-bond acceptors (Lipinski definition) is 1. The molecule has 1 N–H and O–H groups in total. The fourth-order valence-corrected chi connectivity index (χ4v) is 3.34. The Balaban J connectivity index is 2.00. The average Bonchev–Trinajstić information content (AvgIpc) is 2.88. The topological polar surface area (TPSA) is 12.0 Å². The highest BCUT2D eigenvalue weighted by molar-refractivity contribution is 6.30. The molecule has 0 radical (unpaired) electrons. The Labute approximate surface area is 120 Å². The molecule has 0 amide bonds. The van der Waals surface area contributed by atoms with Crippen molar-refractivity contribution in [1.29, 1.82) is 0 Å². The molecule has 19 heavy (non-hydrogen) atoms. The predicted octanol–water partition coefficient (Wildman–Crippen LogP) is 4.58. The zero-order valence-electron chi connectivity index (χ0n) is 11.6. The molecule has 3 heteroatoms. The van der Waals surface area contributed by atoms with E-state index in [1.54, 1.807) is 6.07 Å². The van der Waals surface area contributed by atoms with Crippen LogP contribution in [-0.2, 0) is 6.42 Å². The minimum Gasteiger partial charge on any atom is -0.314 e. The first-order valence-electron chi connectivity index (χ1n) is 7.37. The molecule has 1 aliphatic rings. The maximum absolute atomic E-state index is 14.0. The molecule has 1 saturated carbocycles. The smallest absolute Gasteiger partial charge is 0.145 e. The highest BCUT2D eigenvalue weighted by Gasteiger charge is 2.21. The molecule has 1 aliphatic carbocycles. The van der Waals surface area contributed by atoms with Crippen molar-refractivity contribution in [2.75, 3.05) is 6.54 Å². The molecular formula is C16H23ClFN. The Morgan fingerprint density at radius 3 is 2.79 bits per heavy atom. The third kappa shape index (κ3) is 4.19. The standard InChI is InChI=1S/C16H23ClFN/c1-2-19-14(10-12-6-3-4-7-12)11-13-8-5-9-15(17)16(13)18/h5,8-9,12,14,19H,2-4,6-7,10-11H2,1H3. The van der Waals surface area contributed by atoms with Crippen molar-refractivity contribution >= 4 is 11.6 Å². The lowest BCUT2D eigenvalue weighted by Crippen LogP contribution is -2.33. The fourth-order valence-electron chi connectivity index (χ4n) is 3.15. The summed E-state index contributed by atoms with van der Waals surface area (Å²) in [6.07, 6.45) is 7.26. The summed E-state index contributed by atoms with van der Waals surface area (Å²) in [5, 5.41) is 3.73. The summed E-state index contributed by atoms with van der Waals surface area (Å²) in [5.41, 5.74) is 0.733. The van der Waals surface area contributed by atoms with Crippen LogP contribution in [0.15, 0.2) is 18.2 Å².